The van der Waals surface area contributed by atoms with E-state index in [1.165, 1.54) is 25.3 Å². The fourth-order valence-corrected chi connectivity index (χ4v) is 5.33. The van der Waals surface area contributed by atoms with Crippen molar-refractivity contribution in [3.8, 4) is 6.07 Å². The van der Waals surface area contributed by atoms with Crippen LogP contribution >= 0.6 is 11.8 Å². The third kappa shape index (κ3) is 4.38. The van der Waals surface area contributed by atoms with Gasteiger partial charge in [-0.2, -0.15) is 5.26 Å². The second-order valence-corrected chi connectivity index (χ2v) is 9.16. The summed E-state index contributed by atoms with van der Waals surface area (Å²) in [6.07, 6.45) is -0.258. The highest BCUT2D eigenvalue weighted by Crippen LogP contribution is 2.50. The third-order valence-corrected chi connectivity index (χ3v) is 7.03. The molecular formula is C25H21FN4O4S. The van der Waals surface area contributed by atoms with Gasteiger partial charge in [0.05, 0.1) is 41.7 Å². The largest absolute Gasteiger partial charge is 0.469 e. The lowest BCUT2D eigenvalue weighted by atomic mass is 9.82. The Morgan fingerprint density at radius 3 is 2.54 bits per heavy atom. The zero-order chi connectivity index (χ0) is 25.3. The van der Waals surface area contributed by atoms with E-state index in [4.69, 9.17) is 5.73 Å². The Balaban J connectivity index is 1.89. The number of amides is 2. The number of carbonyl (C=O) groups excluding carboxylic acids is 3. The number of hydrogen-bond donors (Lipinski definition) is 2. The molecule has 0 saturated carbocycles. The van der Waals surface area contributed by atoms with Crippen molar-refractivity contribution in [1.82, 2.24) is 4.90 Å². The molecule has 2 aromatic carbocycles. The Hall–Kier alpha value is -4.10. The SMILES string of the molecule is COC(=O)CC1SC2=C(C(=O)Nc3ccc(C)cc3)C(c3ccccc3F)C(C#N)=C(N)N2C1=O. The Labute approximate surface area is 205 Å². The molecule has 0 bridgehead atoms. The number of esters is 1. The maximum atomic E-state index is 15.0. The van der Waals surface area contributed by atoms with E-state index in [0.29, 0.717) is 5.69 Å². The van der Waals surface area contributed by atoms with Crippen molar-refractivity contribution in [2.75, 3.05) is 12.4 Å². The van der Waals surface area contributed by atoms with Gasteiger partial charge in [0.25, 0.3) is 5.91 Å². The average Bonchev–Trinajstić information content (AvgIpc) is 3.16. The van der Waals surface area contributed by atoms with Crippen LogP contribution in [-0.2, 0) is 19.1 Å². The van der Waals surface area contributed by atoms with Crippen molar-refractivity contribution in [3.05, 3.63) is 87.5 Å². The number of halogens is 1. The van der Waals surface area contributed by atoms with Crippen LogP contribution in [0.25, 0.3) is 0 Å². The number of methoxy groups -OCH3 is 1. The van der Waals surface area contributed by atoms with Crippen LogP contribution in [0.1, 0.15) is 23.5 Å². The molecular weight excluding hydrogens is 471 g/mol. The Bertz CT molecular complexity index is 1330. The fourth-order valence-electron chi connectivity index (χ4n) is 4.00. The number of nitriles is 1. The summed E-state index contributed by atoms with van der Waals surface area (Å²) in [5.74, 6) is -3.79. The topological polar surface area (TPSA) is 126 Å². The average molecular weight is 493 g/mol. The maximum absolute atomic E-state index is 15.0. The van der Waals surface area contributed by atoms with Crippen molar-refractivity contribution in [3.63, 3.8) is 0 Å². The number of nitrogens with two attached hydrogens (primary N) is 1. The molecule has 178 valence electrons. The molecule has 0 aromatic heterocycles. The number of thioether (sulfide) groups is 1. The van der Waals surface area contributed by atoms with Gasteiger partial charge in [0.2, 0.25) is 5.91 Å². The van der Waals surface area contributed by atoms with Crippen molar-refractivity contribution in [2.45, 2.75) is 24.5 Å². The predicted molar refractivity (Wildman–Crippen MR) is 128 cm³/mol. The summed E-state index contributed by atoms with van der Waals surface area (Å²) in [6, 6.07) is 14.8. The molecule has 0 radical (unpaired) electrons. The summed E-state index contributed by atoms with van der Waals surface area (Å²) >= 11 is 0.965. The molecule has 3 N–H and O–H groups in total. The van der Waals surface area contributed by atoms with Gasteiger partial charge < -0.3 is 15.8 Å². The lowest BCUT2D eigenvalue weighted by molar-refractivity contribution is -0.142. The van der Waals surface area contributed by atoms with Crippen molar-refractivity contribution >= 4 is 35.2 Å². The van der Waals surface area contributed by atoms with E-state index in [9.17, 15) is 24.0 Å². The molecule has 2 amide bonds. The van der Waals surface area contributed by atoms with Crippen LogP contribution < -0.4 is 11.1 Å². The quantitative estimate of drug-likeness (QED) is 0.614. The molecule has 0 aliphatic carbocycles. The first-order valence-electron chi connectivity index (χ1n) is 10.6. The molecule has 35 heavy (non-hydrogen) atoms. The summed E-state index contributed by atoms with van der Waals surface area (Å²) in [6.45, 7) is 1.90. The molecule has 2 atom stereocenters. The number of rotatable bonds is 5. The lowest BCUT2D eigenvalue weighted by Gasteiger charge is -2.32. The molecule has 10 heteroatoms. The van der Waals surface area contributed by atoms with Crippen LogP contribution in [0.4, 0.5) is 10.1 Å². The van der Waals surface area contributed by atoms with E-state index in [2.05, 4.69) is 10.1 Å². The van der Waals surface area contributed by atoms with Crippen LogP contribution in [0.3, 0.4) is 0 Å². The second kappa shape index (κ2) is 9.64. The standard InChI is InChI=1S/C25H21FN4O4S/c1-13-7-9-14(10-8-13)29-23(32)21-20(15-5-3-4-6-17(15)26)16(12-27)22(28)30-24(33)18(35-25(21)30)11-19(31)34-2/h3-10,18,20H,11,28H2,1-2H3,(H,29,32). The minimum atomic E-state index is -1.16. The molecule has 2 aromatic rings. The van der Waals surface area contributed by atoms with Gasteiger partial charge in [-0.05, 0) is 25.1 Å². The van der Waals surface area contributed by atoms with Gasteiger partial charge >= 0.3 is 5.97 Å². The highest BCUT2D eigenvalue weighted by atomic mass is 32.2. The maximum Gasteiger partial charge on any atom is 0.307 e. The molecule has 0 spiro atoms. The van der Waals surface area contributed by atoms with Crippen LogP contribution in [-0.4, -0.2) is 35.0 Å². The number of benzene rings is 2. The Morgan fingerprint density at radius 2 is 1.91 bits per heavy atom. The number of allylic oxidation sites excluding steroid dienone is 1. The lowest BCUT2D eigenvalue weighted by Crippen LogP contribution is -2.39. The number of nitrogens with zero attached hydrogens (tertiary/aromatic N) is 2. The summed E-state index contributed by atoms with van der Waals surface area (Å²) in [5, 5.41) is 12.0. The third-order valence-electron chi connectivity index (χ3n) is 5.75. The highest BCUT2D eigenvalue weighted by Gasteiger charge is 2.49. The Morgan fingerprint density at radius 1 is 1.23 bits per heavy atom. The number of ether oxygens (including phenoxy) is 1. The predicted octanol–water partition coefficient (Wildman–Crippen LogP) is 3.28. The van der Waals surface area contributed by atoms with E-state index in [1.807, 2.05) is 25.1 Å². The van der Waals surface area contributed by atoms with Crippen LogP contribution in [0.2, 0.25) is 0 Å². The molecule has 2 unspecified atom stereocenters. The summed E-state index contributed by atoms with van der Waals surface area (Å²) in [4.78, 5) is 39.8. The normalized spacial score (nSPS) is 19.4. The van der Waals surface area contributed by atoms with E-state index >= 15 is 0 Å². The fraction of sp³-hybridized carbons (Fsp3) is 0.200. The molecule has 4 rings (SSSR count). The van der Waals surface area contributed by atoms with E-state index in [1.54, 1.807) is 18.2 Å². The molecule has 2 aliphatic rings. The van der Waals surface area contributed by atoms with E-state index < -0.39 is 34.8 Å². The van der Waals surface area contributed by atoms with E-state index in [0.717, 1.165) is 22.2 Å². The first-order chi connectivity index (χ1) is 16.8. The Kier molecular flexibility index (Phi) is 6.62. The zero-order valence-corrected chi connectivity index (χ0v) is 19.7. The van der Waals surface area contributed by atoms with Crippen LogP contribution in [0.15, 0.2) is 70.5 Å². The van der Waals surface area contributed by atoms with Gasteiger partial charge in [-0.1, -0.05) is 47.7 Å². The molecule has 1 fully saturated rings. The van der Waals surface area contributed by atoms with Gasteiger partial charge in [-0.15, -0.1) is 0 Å². The van der Waals surface area contributed by atoms with Crippen molar-refractivity contribution < 1.29 is 23.5 Å². The van der Waals surface area contributed by atoms with Gasteiger partial charge in [0.15, 0.2) is 0 Å². The van der Waals surface area contributed by atoms with Crippen LogP contribution in [0.5, 0.6) is 0 Å². The number of nitrogens with one attached hydrogen (secondary N) is 1. The van der Waals surface area contributed by atoms with Crippen LogP contribution in [0, 0.1) is 24.1 Å². The first kappa shape index (κ1) is 24.0. The first-order valence-corrected chi connectivity index (χ1v) is 11.5. The minimum Gasteiger partial charge on any atom is -0.469 e. The van der Waals surface area contributed by atoms with Crippen molar-refractivity contribution in [1.29, 1.82) is 5.26 Å². The monoisotopic (exact) mass is 492 g/mol. The van der Waals surface area contributed by atoms with Gasteiger partial charge in [-0.25, -0.2) is 4.39 Å². The van der Waals surface area contributed by atoms with E-state index in [-0.39, 0.29) is 34.0 Å². The summed E-state index contributed by atoms with van der Waals surface area (Å²) in [7, 11) is 1.20. The number of aryl methyl sites for hydroxylation is 1. The van der Waals surface area contributed by atoms with Gasteiger partial charge in [0.1, 0.15) is 16.9 Å². The molecule has 8 nitrogen and oxygen atoms in total. The summed E-state index contributed by atoms with van der Waals surface area (Å²) in [5.41, 5.74) is 7.64. The van der Waals surface area contributed by atoms with Gasteiger partial charge in [0, 0.05) is 11.3 Å². The number of fused-ring (bicyclic) bond motifs is 1. The van der Waals surface area contributed by atoms with Gasteiger partial charge in [-0.3, -0.25) is 19.3 Å². The molecule has 2 aliphatic heterocycles. The molecule has 1 saturated heterocycles. The number of hydrogen-bond acceptors (Lipinski definition) is 7. The highest BCUT2D eigenvalue weighted by molar-refractivity contribution is 8.04. The second-order valence-electron chi connectivity index (χ2n) is 7.96. The number of anilines is 1. The summed E-state index contributed by atoms with van der Waals surface area (Å²) < 4.78 is 19.6. The minimum absolute atomic E-state index is 0.00728. The zero-order valence-electron chi connectivity index (χ0n) is 18.9. The smallest absolute Gasteiger partial charge is 0.307 e. The van der Waals surface area contributed by atoms with Crippen molar-refractivity contribution in [2.24, 2.45) is 5.73 Å². The number of carbonyl (C=O) groups is 3. The molecule has 2 heterocycles.